The normalized spacial score (nSPS) is 19.2. The van der Waals surface area contributed by atoms with Gasteiger partial charge in [0.25, 0.3) is 0 Å². The van der Waals surface area contributed by atoms with Crippen molar-refractivity contribution in [3.63, 3.8) is 0 Å². The Hall–Kier alpha value is -0.860. The molecule has 1 N–H and O–H groups in total. The maximum absolute atomic E-state index is 11.0. The molecule has 3 heteroatoms. The first-order valence-electron chi connectivity index (χ1n) is 6.71. The van der Waals surface area contributed by atoms with Crippen LogP contribution in [0.2, 0.25) is 0 Å². The third-order valence-electron chi connectivity index (χ3n) is 3.14. The van der Waals surface area contributed by atoms with E-state index in [1.807, 2.05) is 0 Å². The predicted molar refractivity (Wildman–Crippen MR) is 71.9 cm³/mol. The molecule has 98 valence electrons. The summed E-state index contributed by atoms with van der Waals surface area (Å²) >= 11 is 0. The Labute approximate surface area is 105 Å². The molecule has 0 unspecified atom stereocenters. The number of nitrogens with one attached hydrogen (secondary N) is 1. The van der Waals surface area contributed by atoms with Crippen LogP contribution in [0.1, 0.15) is 66.2 Å². The zero-order valence-corrected chi connectivity index (χ0v) is 11.7. The van der Waals surface area contributed by atoms with Crippen molar-refractivity contribution >= 4 is 11.6 Å². The highest BCUT2D eigenvalue weighted by molar-refractivity contribution is 5.88. The summed E-state index contributed by atoms with van der Waals surface area (Å²) < 4.78 is 0. The lowest BCUT2D eigenvalue weighted by molar-refractivity contribution is -0.118. The second kappa shape index (κ2) is 6.18. The lowest BCUT2D eigenvalue weighted by atomic mass is 9.79. The molecule has 1 fully saturated rings. The summed E-state index contributed by atoms with van der Waals surface area (Å²) in [6.07, 6.45) is 7.38. The van der Waals surface area contributed by atoms with Gasteiger partial charge in [0.1, 0.15) is 0 Å². The minimum atomic E-state index is -0.0766. The second-order valence-corrected chi connectivity index (χ2v) is 6.34. The van der Waals surface area contributed by atoms with Gasteiger partial charge in [0, 0.05) is 12.6 Å². The van der Waals surface area contributed by atoms with E-state index in [2.05, 4.69) is 31.3 Å². The van der Waals surface area contributed by atoms with Crippen LogP contribution in [0.4, 0.5) is 0 Å². The average molecular weight is 238 g/mol. The fourth-order valence-electron chi connectivity index (χ4n) is 2.40. The van der Waals surface area contributed by atoms with Crippen molar-refractivity contribution in [2.24, 2.45) is 16.4 Å². The first-order chi connectivity index (χ1) is 7.88. The van der Waals surface area contributed by atoms with Crippen molar-refractivity contribution < 1.29 is 4.79 Å². The minimum absolute atomic E-state index is 0.0766. The van der Waals surface area contributed by atoms with Gasteiger partial charge in [-0.25, -0.2) is 5.43 Å². The van der Waals surface area contributed by atoms with Crippen LogP contribution in [0.25, 0.3) is 0 Å². The maximum Gasteiger partial charge on any atom is 0.236 e. The van der Waals surface area contributed by atoms with Gasteiger partial charge < -0.3 is 0 Å². The first-order valence-corrected chi connectivity index (χ1v) is 6.71. The lowest BCUT2D eigenvalue weighted by Crippen LogP contribution is -2.26. The molecule has 0 atom stereocenters. The smallest absolute Gasteiger partial charge is 0.236 e. The summed E-state index contributed by atoms with van der Waals surface area (Å²) in [5.41, 5.74) is 4.03. The number of hydrazone groups is 1. The van der Waals surface area contributed by atoms with Gasteiger partial charge in [-0.05, 0) is 30.6 Å². The van der Waals surface area contributed by atoms with E-state index in [0.717, 1.165) is 6.42 Å². The van der Waals surface area contributed by atoms with E-state index in [-0.39, 0.29) is 11.3 Å². The summed E-state index contributed by atoms with van der Waals surface area (Å²) in [6, 6.07) is 0. The van der Waals surface area contributed by atoms with E-state index < -0.39 is 0 Å². The Morgan fingerprint density at radius 1 is 1.24 bits per heavy atom. The largest absolute Gasteiger partial charge is 0.274 e. The van der Waals surface area contributed by atoms with Gasteiger partial charge in [0.15, 0.2) is 0 Å². The molecule has 17 heavy (non-hydrogen) atoms. The van der Waals surface area contributed by atoms with Gasteiger partial charge >= 0.3 is 0 Å². The molecule has 1 aliphatic carbocycles. The summed E-state index contributed by atoms with van der Waals surface area (Å²) in [5.74, 6) is 0.502. The van der Waals surface area contributed by atoms with Crippen molar-refractivity contribution in [2.45, 2.75) is 66.2 Å². The summed E-state index contributed by atoms with van der Waals surface area (Å²) in [7, 11) is 0. The molecule has 1 aliphatic rings. The number of carbonyl (C=O) groups excluding carboxylic acids is 1. The van der Waals surface area contributed by atoms with Crippen LogP contribution in [0.5, 0.6) is 0 Å². The molecule has 0 aromatic carbocycles. The summed E-state index contributed by atoms with van der Waals surface area (Å²) in [5, 5.41) is 4.35. The van der Waals surface area contributed by atoms with Crippen LogP contribution in [0.3, 0.4) is 0 Å². The number of hydrogen-bond donors (Lipinski definition) is 1. The van der Waals surface area contributed by atoms with Crippen LogP contribution in [0, 0.1) is 11.3 Å². The van der Waals surface area contributed by atoms with Gasteiger partial charge in [-0.3, -0.25) is 4.79 Å². The van der Waals surface area contributed by atoms with Gasteiger partial charge in [-0.15, -0.1) is 0 Å². The molecule has 0 aromatic rings. The van der Waals surface area contributed by atoms with E-state index in [4.69, 9.17) is 0 Å². The van der Waals surface area contributed by atoms with E-state index in [0.29, 0.717) is 5.92 Å². The van der Waals surface area contributed by atoms with Crippen LogP contribution in [-0.2, 0) is 4.79 Å². The molecule has 0 heterocycles. The molecular weight excluding hydrogens is 212 g/mol. The zero-order valence-electron chi connectivity index (χ0n) is 11.7. The van der Waals surface area contributed by atoms with E-state index >= 15 is 0 Å². The topological polar surface area (TPSA) is 41.5 Å². The standard InChI is InChI=1S/C14H26N2O/c1-11(17)15-16-13(10-14(2,3)4)12-8-6-5-7-9-12/h12H,5-10H2,1-4H3,(H,15,17). The summed E-state index contributed by atoms with van der Waals surface area (Å²) in [6.45, 7) is 8.18. The van der Waals surface area contributed by atoms with Crippen molar-refractivity contribution in [1.29, 1.82) is 0 Å². The van der Waals surface area contributed by atoms with Gasteiger partial charge in [-0.2, -0.15) is 5.10 Å². The quantitative estimate of drug-likeness (QED) is 0.593. The Kier molecular flexibility index (Phi) is 5.16. The Morgan fingerprint density at radius 2 is 1.82 bits per heavy atom. The van der Waals surface area contributed by atoms with Crippen LogP contribution >= 0.6 is 0 Å². The first kappa shape index (κ1) is 14.2. The number of rotatable bonds is 3. The monoisotopic (exact) mass is 238 g/mol. The van der Waals surface area contributed by atoms with Crippen LogP contribution in [0.15, 0.2) is 5.10 Å². The molecule has 0 saturated heterocycles. The highest BCUT2D eigenvalue weighted by Gasteiger charge is 2.24. The average Bonchev–Trinajstić information content (AvgIpc) is 2.24. The number of nitrogens with zero attached hydrogens (tertiary/aromatic N) is 1. The van der Waals surface area contributed by atoms with E-state index in [9.17, 15) is 4.79 Å². The molecule has 1 amide bonds. The van der Waals surface area contributed by atoms with Gasteiger partial charge in [0.2, 0.25) is 5.91 Å². The lowest BCUT2D eigenvalue weighted by Gasteiger charge is -2.27. The van der Waals surface area contributed by atoms with Gasteiger partial charge in [-0.1, -0.05) is 40.0 Å². The van der Waals surface area contributed by atoms with Crippen molar-refractivity contribution in [1.82, 2.24) is 5.43 Å². The molecule has 1 rings (SSSR count). The van der Waals surface area contributed by atoms with E-state index in [1.165, 1.54) is 44.7 Å². The highest BCUT2D eigenvalue weighted by Crippen LogP contribution is 2.30. The molecule has 0 aromatic heterocycles. The third kappa shape index (κ3) is 5.85. The molecule has 1 saturated carbocycles. The van der Waals surface area contributed by atoms with Crippen molar-refractivity contribution in [2.75, 3.05) is 0 Å². The zero-order chi connectivity index (χ0) is 12.9. The Balaban J connectivity index is 2.69. The third-order valence-corrected chi connectivity index (χ3v) is 3.14. The van der Waals surface area contributed by atoms with E-state index in [1.54, 1.807) is 0 Å². The second-order valence-electron chi connectivity index (χ2n) is 6.34. The summed E-state index contributed by atoms with van der Waals surface area (Å²) in [4.78, 5) is 11.0. The highest BCUT2D eigenvalue weighted by atomic mass is 16.2. The fourth-order valence-corrected chi connectivity index (χ4v) is 2.40. The number of carbonyl (C=O) groups is 1. The molecular formula is C14H26N2O. The maximum atomic E-state index is 11.0. The molecule has 0 bridgehead atoms. The molecule has 0 spiro atoms. The van der Waals surface area contributed by atoms with Crippen LogP contribution < -0.4 is 5.43 Å². The molecule has 3 nitrogen and oxygen atoms in total. The molecule has 0 aliphatic heterocycles. The Bertz CT molecular complexity index is 283. The number of amides is 1. The molecule has 0 radical (unpaired) electrons. The van der Waals surface area contributed by atoms with Crippen LogP contribution in [-0.4, -0.2) is 11.6 Å². The van der Waals surface area contributed by atoms with Crippen molar-refractivity contribution in [3.8, 4) is 0 Å². The number of hydrogen-bond acceptors (Lipinski definition) is 2. The van der Waals surface area contributed by atoms with Gasteiger partial charge in [0.05, 0.1) is 0 Å². The Morgan fingerprint density at radius 3 is 2.29 bits per heavy atom. The minimum Gasteiger partial charge on any atom is -0.274 e. The fraction of sp³-hybridized carbons (Fsp3) is 0.857. The SMILES string of the molecule is CC(=O)NN=C(CC(C)(C)C)C1CCCCC1. The van der Waals surface area contributed by atoms with Crippen molar-refractivity contribution in [3.05, 3.63) is 0 Å². The predicted octanol–water partition coefficient (Wildman–Crippen LogP) is 3.50.